The maximum Gasteiger partial charge on any atom is 0.303 e. The molecule has 0 aliphatic heterocycles. The lowest BCUT2D eigenvalue weighted by atomic mass is 9.90. The molecule has 3 nitrogen and oxygen atoms in total. The number of benzene rings is 1. The van der Waals surface area contributed by atoms with Crippen molar-refractivity contribution >= 4 is 5.97 Å². The van der Waals surface area contributed by atoms with Gasteiger partial charge in [-0.1, -0.05) is 30.3 Å². The van der Waals surface area contributed by atoms with Gasteiger partial charge in [0.2, 0.25) is 0 Å². The molecule has 0 aliphatic carbocycles. The highest BCUT2D eigenvalue weighted by molar-refractivity contribution is 5.66. The lowest BCUT2D eigenvalue weighted by Gasteiger charge is -2.39. The third-order valence-electron chi connectivity index (χ3n) is 3.18. The molecule has 0 heterocycles. The summed E-state index contributed by atoms with van der Waals surface area (Å²) in [5.41, 5.74) is 0.758. The van der Waals surface area contributed by atoms with Crippen molar-refractivity contribution in [2.75, 3.05) is 14.1 Å². The van der Waals surface area contributed by atoms with Crippen molar-refractivity contribution in [3.8, 4) is 0 Å². The molecule has 1 unspecified atom stereocenters. The molecule has 1 aromatic carbocycles. The summed E-state index contributed by atoms with van der Waals surface area (Å²) in [6.07, 6.45) is -0.267. The lowest BCUT2D eigenvalue weighted by Crippen LogP contribution is -2.45. The summed E-state index contributed by atoms with van der Waals surface area (Å²) in [4.78, 5) is 13.3. The van der Waals surface area contributed by atoms with Crippen LogP contribution in [-0.4, -0.2) is 30.5 Å². The number of carbonyl (C=O) groups excluding carboxylic acids is 1. The number of likely N-dealkylation sites (N-methyl/N-ethyl adjacent to an activating group) is 1. The molecule has 1 rings (SSSR count). The molecule has 17 heavy (non-hydrogen) atoms. The van der Waals surface area contributed by atoms with Gasteiger partial charge >= 0.3 is 5.97 Å². The summed E-state index contributed by atoms with van der Waals surface area (Å²) in [7, 11) is 3.97. The van der Waals surface area contributed by atoms with Crippen molar-refractivity contribution in [2.45, 2.75) is 32.4 Å². The summed E-state index contributed by atoms with van der Waals surface area (Å²) in [5.74, 6) is -0.256. The minimum absolute atomic E-state index is 0.256. The summed E-state index contributed by atoms with van der Waals surface area (Å²) in [6.45, 7) is 5.57. The third-order valence-corrected chi connectivity index (χ3v) is 3.18. The fraction of sp³-hybridized carbons (Fsp3) is 0.500. The number of nitrogens with zero attached hydrogens (tertiary/aromatic N) is 1. The molecule has 0 saturated carbocycles. The predicted octanol–water partition coefficient (Wildman–Crippen LogP) is 2.63. The van der Waals surface area contributed by atoms with Gasteiger partial charge in [0.25, 0.3) is 0 Å². The molecule has 1 atom stereocenters. The second-order valence-corrected chi connectivity index (χ2v) is 4.95. The molecule has 0 radical (unpaired) electrons. The summed E-state index contributed by atoms with van der Waals surface area (Å²) < 4.78 is 5.48. The standard InChI is InChI=1S/C14H21NO2/c1-11(16)17-13(14(2,3)15(4)5)12-9-7-6-8-10-12/h6-10,13H,1-5H3. The van der Waals surface area contributed by atoms with Crippen LogP contribution in [-0.2, 0) is 9.53 Å². The Morgan fingerprint density at radius 3 is 2.18 bits per heavy atom. The lowest BCUT2D eigenvalue weighted by molar-refractivity contribution is -0.153. The molecule has 0 aliphatic rings. The zero-order valence-electron chi connectivity index (χ0n) is 11.2. The van der Waals surface area contributed by atoms with Crippen molar-refractivity contribution < 1.29 is 9.53 Å². The van der Waals surface area contributed by atoms with Crippen molar-refractivity contribution in [2.24, 2.45) is 0 Å². The van der Waals surface area contributed by atoms with Crippen LogP contribution in [0.25, 0.3) is 0 Å². The van der Waals surface area contributed by atoms with Crippen LogP contribution in [0.15, 0.2) is 30.3 Å². The predicted molar refractivity (Wildman–Crippen MR) is 68.7 cm³/mol. The van der Waals surface area contributed by atoms with Crippen LogP contribution in [0.1, 0.15) is 32.4 Å². The van der Waals surface area contributed by atoms with E-state index in [0.717, 1.165) is 5.56 Å². The Balaban J connectivity index is 3.09. The topological polar surface area (TPSA) is 29.5 Å². The van der Waals surface area contributed by atoms with E-state index in [1.807, 2.05) is 44.4 Å². The molecule has 0 fully saturated rings. The molecular formula is C14H21NO2. The highest BCUT2D eigenvalue weighted by atomic mass is 16.5. The van der Waals surface area contributed by atoms with E-state index < -0.39 is 0 Å². The van der Waals surface area contributed by atoms with Gasteiger partial charge in [0.1, 0.15) is 6.10 Å². The Morgan fingerprint density at radius 2 is 1.76 bits per heavy atom. The van der Waals surface area contributed by atoms with E-state index in [1.165, 1.54) is 6.92 Å². The van der Waals surface area contributed by atoms with E-state index in [1.54, 1.807) is 0 Å². The Bertz CT molecular complexity index is 371. The van der Waals surface area contributed by atoms with Crippen LogP contribution < -0.4 is 0 Å². The first-order valence-corrected chi connectivity index (χ1v) is 5.75. The van der Waals surface area contributed by atoms with Gasteiger partial charge in [-0.3, -0.25) is 4.79 Å². The molecule has 94 valence electrons. The Hall–Kier alpha value is -1.35. The molecule has 0 bridgehead atoms. The number of carbonyl (C=O) groups is 1. The molecular weight excluding hydrogens is 214 g/mol. The summed E-state index contributed by atoms with van der Waals surface area (Å²) >= 11 is 0. The van der Waals surface area contributed by atoms with Crippen LogP contribution in [0.5, 0.6) is 0 Å². The van der Waals surface area contributed by atoms with E-state index in [2.05, 4.69) is 18.7 Å². The smallest absolute Gasteiger partial charge is 0.303 e. The quantitative estimate of drug-likeness (QED) is 0.751. The number of esters is 1. The molecule has 0 amide bonds. The second-order valence-electron chi connectivity index (χ2n) is 4.95. The van der Waals surface area contributed by atoms with E-state index in [0.29, 0.717) is 0 Å². The Kier molecular flexibility index (Phi) is 4.29. The van der Waals surface area contributed by atoms with E-state index in [4.69, 9.17) is 4.74 Å². The van der Waals surface area contributed by atoms with Crippen LogP contribution in [0.4, 0.5) is 0 Å². The molecule has 0 saturated heterocycles. The largest absolute Gasteiger partial charge is 0.456 e. The Morgan fingerprint density at radius 1 is 1.24 bits per heavy atom. The second kappa shape index (κ2) is 5.32. The number of rotatable bonds is 4. The zero-order valence-corrected chi connectivity index (χ0v) is 11.2. The minimum atomic E-state index is -0.267. The van der Waals surface area contributed by atoms with Gasteiger partial charge in [-0.15, -0.1) is 0 Å². The zero-order chi connectivity index (χ0) is 13.1. The third kappa shape index (κ3) is 3.30. The maximum atomic E-state index is 11.3. The average molecular weight is 235 g/mol. The Labute approximate surface area is 103 Å². The maximum absolute atomic E-state index is 11.3. The van der Waals surface area contributed by atoms with E-state index >= 15 is 0 Å². The fourth-order valence-electron chi connectivity index (χ4n) is 1.65. The molecule has 0 aromatic heterocycles. The molecule has 3 heteroatoms. The van der Waals surface area contributed by atoms with Gasteiger partial charge in [0.05, 0.1) is 5.54 Å². The average Bonchev–Trinajstić information content (AvgIpc) is 2.26. The van der Waals surface area contributed by atoms with Gasteiger partial charge in [0, 0.05) is 6.92 Å². The minimum Gasteiger partial charge on any atom is -0.456 e. The van der Waals surface area contributed by atoms with Crippen molar-refractivity contribution in [3.05, 3.63) is 35.9 Å². The molecule has 1 aromatic rings. The first-order chi connectivity index (χ1) is 7.85. The number of hydrogen-bond acceptors (Lipinski definition) is 3. The van der Waals surface area contributed by atoms with Gasteiger partial charge in [-0.2, -0.15) is 0 Å². The van der Waals surface area contributed by atoms with Crippen LogP contribution in [0.2, 0.25) is 0 Å². The number of ether oxygens (including phenoxy) is 1. The summed E-state index contributed by atoms with van der Waals surface area (Å²) in [6, 6.07) is 9.84. The normalized spacial score (nSPS) is 13.5. The van der Waals surface area contributed by atoms with Gasteiger partial charge < -0.3 is 9.64 Å². The highest BCUT2D eigenvalue weighted by Gasteiger charge is 2.35. The van der Waals surface area contributed by atoms with Crippen molar-refractivity contribution in [3.63, 3.8) is 0 Å². The van der Waals surface area contributed by atoms with Crippen molar-refractivity contribution in [1.29, 1.82) is 0 Å². The first kappa shape index (κ1) is 13.7. The van der Waals surface area contributed by atoms with E-state index in [-0.39, 0.29) is 17.6 Å². The SMILES string of the molecule is CC(=O)OC(c1ccccc1)C(C)(C)N(C)C. The summed E-state index contributed by atoms with van der Waals surface area (Å²) in [5, 5.41) is 0. The number of hydrogen-bond donors (Lipinski definition) is 0. The van der Waals surface area contributed by atoms with Crippen LogP contribution >= 0.6 is 0 Å². The van der Waals surface area contributed by atoms with Gasteiger partial charge in [0.15, 0.2) is 0 Å². The van der Waals surface area contributed by atoms with Crippen molar-refractivity contribution in [1.82, 2.24) is 4.90 Å². The fourth-order valence-corrected chi connectivity index (χ4v) is 1.65. The van der Waals surface area contributed by atoms with Gasteiger partial charge in [-0.05, 0) is 33.5 Å². The molecule has 0 N–H and O–H groups in total. The van der Waals surface area contributed by atoms with Crippen LogP contribution in [0, 0.1) is 0 Å². The molecule has 0 spiro atoms. The van der Waals surface area contributed by atoms with Gasteiger partial charge in [-0.25, -0.2) is 0 Å². The highest BCUT2D eigenvalue weighted by Crippen LogP contribution is 2.32. The first-order valence-electron chi connectivity index (χ1n) is 5.75. The monoisotopic (exact) mass is 235 g/mol. The van der Waals surface area contributed by atoms with E-state index in [9.17, 15) is 4.79 Å². The van der Waals surface area contributed by atoms with Crippen LogP contribution in [0.3, 0.4) is 0 Å².